The van der Waals surface area contributed by atoms with E-state index in [1.54, 1.807) is 18.5 Å². The number of hydrogen-bond donors (Lipinski definition) is 1. The third-order valence-corrected chi connectivity index (χ3v) is 4.19. The first kappa shape index (κ1) is 12.0. The van der Waals surface area contributed by atoms with Crippen molar-refractivity contribution in [3.63, 3.8) is 0 Å². The minimum Gasteiger partial charge on any atom is -0.288 e. The fourth-order valence-corrected chi connectivity index (χ4v) is 3.10. The summed E-state index contributed by atoms with van der Waals surface area (Å²) in [5, 5.41) is 3.72. The Morgan fingerprint density at radius 3 is 2.86 bits per heavy atom. The summed E-state index contributed by atoms with van der Waals surface area (Å²) >= 11 is 1.48. The van der Waals surface area contributed by atoms with Crippen LogP contribution >= 0.6 is 11.3 Å². The molecule has 0 saturated carbocycles. The molecule has 0 radical (unpaired) electrons. The minimum absolute atomic E-state index is 0.132. The van der Waals surface area contributed by atoms with Gasteiger partial charge in [-0.1, -0.05) is 23.5 Å². The first-order valence-electron chi connectivity index (χ1n) is 6.40. The van der Waals surface area contributed by atoms with E-state index in [1.165, 1.54) is 16.0 Å². The van der Waals surface area contributed by atoms with Crippen molar-refractivity contribution in [2.45, 2.75) is 0 Å². The molecule has 0 atom stereocenters. The van der Waals surface area contributed by atoms with Crippen molar-refractivity contribution in [1.29, 1.82) is 0 Å². The highest BCUT2D eigenvalue weighted by molar-refractivity contribution is 7.20. The molecular formula is C15H10N4OS. The number of thiazole rings is 1. The summed E-state index contributed by atoms with van der Waals surface area (Å²) in [6.45, 7) is 0. The number of rotatable bonds is 2. The van der Waals surface area contributed by atoms with Crippen LogP contribution in [0.25, 0.3) is 26.6 Å². The van der Waals surface area contributed by atoms with Crippen molar-refractivity contribution in [1.82, 2.24) is 19.7 Å². The van der Waals surface area contributed by atoms with E-state index in [-0.39, 0.29) is 5.56 Å². The molecule has 1 aromatic carbocycles. The molecule has 0 spiro atoms. The zero-order chi connectivity index (χ0) is 14.2. The zero-order valence-corrected chi connectivity index (χ0v) is 11.7. The van der Waals surface area contributed by atoms with Gasteiger partial charge in [0.2, 0.25) is 5.13 Å². The Morgan fingerprint density at radius 1 is 1.14 bits per heavy atom. The highest BCUT2D eigenvalue weighted by Crippen LogP contribution is 2.24. The van der Waals surface area contributed by atoms with Gasteiger partial charge in [-0.2, -0.15) is 4.68 Å². The highest BCUT2D eigenvalue weighted by Gasteiger charge is 2.11. The topological polar surface area (TPSA) is 63.6 Å². The van der Waals surface area contributed by atoms with Crippen LogP contribution in [0.1, 0.15) is 0 Å². The average molecular weight is 294 g/mol. The van der Waals surface area contributed by atoms with Crippen LogP contribution in [0.5, 0.6) is 0 Å². The predicted molar refractivity (Wildman–Crippen MR) is 82.8 cm³/mol. The van der Waals surface area contributed by atoms with Crippen LogP contribution in [-0.2, 0) is 0 Å². The van der Waals surface area contributed by atoms with Crippen molar-refractivity contribution >= 4 is 21.6 Å². The maximum Gasteiger partial charge on any atom is 0.273 e. The maximum absolute atomic E-state index is 12.2. The molecule has 0 amide bonds. The van der Waals surface area contributed by atoms with Crippen molar-refractivity contribution < 1.29 is 0 Å². The number of benzene rings is 1. The third-order valence-electron chi connectivity index (χ3n) is 3.17. The Bertz CT molecular complexity index is 935. The summed E-state index contributed by atoms with van der Waals surface area (Å²) in [6, 6.07) is 13.1. The van der Waals surface area contributed by atoms with Crippen LogP contribution in [0.2, 0.25) is 0 Å². The number of para-hydroxylation sites is 1. The quantitative estimate of drug-likeness (QED) is 0.618. The maximum atomic E-state index is 12.2. The largest absolute Gasteiger partial charge is 0.288 e. The SMILES string of the molecule is O=c1cc(-c2cccnc2)[nH]n1-c1nc2ccccc2s1. The molecule has 21 heavy (non-hydrogen) atoms. The van der Waals surface area contributed by atoms with Crippen molar-refractivity contribution in [3.05, 3.63) is 65.2 Å². The monoisotopic (exact) mass is 294 g/mol. The number of fused-ring (bicyclic) bond motifs is 1. The molecule has 6 heteroatoms. The molecule has 4 aromatic rings. The van der Waals surface area contributed by atoms with E-state index in [0.717, 1.165) is 21.5 Å². The van der Waals surface area contributed by atoms with Gasteiger partial charge in [-0.25, -0.2) is 4.98 Å². The van der Waals surface area contributed by atoms with Gasteiger partial charge in [-0.15, -0.1) is 0 Å². The van der Waals surface area contributed by atoms with Crippen molar-refractivity contribution in [2.75, 3.05) is 0 Å². The fraction of sp³-hybridized carbons (Fsp3) is 0. The summed E-state index contributed by atoms with van der Waals surface area (Å²) in [5.74, 6) is 0. The normalized spacial score (nSPS) is 11.0. The molecule has 0 saturated heterocycles. The Hall–Kier alpha value is -2.73. The Kier molecular flexibility index (Phi) is 2.68. The van der Waals surface area contributed by atoms with Crippen LogP contribution in [0.15, 0.2) is 59.7 Å². The average Bonchev–Trinajstić information content (AvgIpc) is 3.11. The molecule has 0 aliphatic heterocycles. The molecule has 4 rings (SSSR count). The van der Waals surface area contributed by atoms with E-state index in [4.69, 9.17) is 0 Å². The van der Waals surface area contributed by atoms with Crippen LogP contribution in [0, 0.1) is 0 Å². The number of nitrogens with zero attached hydrogens (tertiary/aromatic N) is 3. The van der Waals surface area contributed by atoms with Gasteiger partial charge >= 0.3 is 0 Å². The molecular weight excluding hydrogens is 284 g/mol. The molecule has 0 aliphatic rings. The standard InChI is InChI=1S/C15H10N4OS/c20-14-8-12(10-4-3-7-16-9-10)18-19(14)15-17-11-5-1-2-6-13(11)21-15/h1-9,18H. The summed E-state index contributed by atoms with van der Waals surface area (Å²) in [4.78, 5) is 20.7. The van der Waals surface area contributed by atoms with Crippen molar-refractivity contribution in [2.24, 2.45) is 0 Å². The van der Waals surface area contributed by atoms with Crippen LogP contribution in [-0.4, -0.2) is 19.7 Å². The molecule has 102 valence electrons. The van der Waals surface area contributed by atoms with Gasteiger partial charge in [0.05, 0.1) is 15.9 Å². The predicted octanol–water partition coefficient (Wildman–Crippen LogP) is 2.84. The molecule has 0 aliphatic carbocycles. The Labute approximate surface area is 123 Å². The van der Waals surface area contributed by atoms with Gasteiger partial charge in [-0.3, -0.25) is 14.9 Å². The lowest BCUT2D eigenvalue weighted by Crippen LogP contribution is -2.12. The summed E-state index contributed by atoms with van der Waals surface area (Å²) in [6.07, 6.45) is 3.42. The highest BCUT2D eigenvalue weighted by atomic mass is 32.1. The fourth-order valence-electron chi connectivity index (χ4n) is 2.16. The van der Waals surface area contributed by atoms with E-state index in [1.807, 2.05) is 36.4 Å². The summed E-state index contributed by atoms with van der Waals surface area (Å²) in [5.41, 5.74) is 2.36. The van der Waals surface area contributed by atoms with E-state index in [2.05, 4.69) is 15.1 Å². The van der Waals surface area contributed by atoms with Crippen molar-refractivity contribution in [3.8, 4) is 16.4 Å². The zero-order valence-electron chi connectivity index (χ0n) is 10.9. The minimum atomic E-state index is -0.132. The van der Waals surface area contributed by atoms with E-state index < -0.39 is 0 Å². The number of pyridine rings is 1. The van der Waals surface area contributed by atoms with E-state index >= 15 is 0 Å². The smallest absolute Gasteiger partial charge is 0.273 e. The first-order chi connectivity index (χ1) is 10.3. The Morgan fingerprint density at radius 2 is 2.05 bits per heavy atom. The lowest BCUT2D eigenvalue weighted by molar-refractivity contribution is 0.845. The van der Waals surface area contributed by atoms with E-state index in [0.29, 0.717) is 5.13 Å². The van der Waals surface area contributed by atoms with Crippen LogP contribution in [0.4, 0.5) is 0 Å². The molecule has 1 N–H and O–H groups in total. The molecule has 3 heterocycles. The lowest BCUT2D eigenvalue weighted by atomic mass is 10.2. The van der Waals surface area contributed by atoms with E-state index in [9.17, 15) is 4.79 Å². The van der Waals surface area contributed by atoms with Gasteiger partial charge in [0.1, 0.15) is 0 Å². The van der Waals surface area contributed by atoms with Crippen LogP contribution in [0.3, 0.4) is 0 Å². The molecule has 0 fully saturated rings. The second-order valence-electron chi connectivity index (χ2n) is 4.55. The summed E-state index contributed by atoms with van der Waals surface area (Å²) in [7, 11) is 0. The molecule has 5 nitrogen and oxygen atoms in total. The van der Waals surface area contributed by atoms with Gasteiger partial charge in [0.15, 0.2) is 0 Å². The number of H-pyrrole nitrogens is 1. The van der Waals surface area contributed by atoms with Gasteiger partial charge in [0, 0.05) is 24.0 Å². The molecule has 0 unspecified atom stereocenters. The van der Waals surface area contributed by atoms with Crippen LogP contribution < -0.4 is 5.56 Å². The number of aromatic amines is 1. The third kappa shape index (κ3) is 2.05. The van der Waals surface area contributed by atoms with Gasteiger partial charge < -0.3 is 0 Å². The second kappa shape index (κ2) is 4.68. The van der Waals surface area contributed by atoms with Gasteiger partial charge in [0.25, 0.3) is 5.56 Å². The molecule has 3 aromatic heterocycles. The Balaban J connectivity index is 1.86. The number of aromatic nitrogens is 4. The number of nitrogens with one attached hydrogen (secondary N) is 1. The second-order valence-corrected chi connectivity index (χ2v) is 5.56. The first-order valence-corrected chi connectivity index (χ1v) is 7.21. The number of hydrogen-bond acceptors (Lipinski definition) is 4. The summed E-state index contributed by atoms with van der Waals surface area (Å²) < 4.78 is 2.52. The molecule has 0 bridgehead atoms. The van der Waals surface area contributed by atoms with Gasteiger partial charge in [-0.05, 0) is 24.3 Å². The lowest BCUT2D eigenvalue weighted by Gasteiger charge is -1.97.